The molecule has 2 rings (SSSR count). The number of hydrogen-bond acceptors (Lipinski definition) is 6. The first-order chi connectivity index (χ1) is 12.6. The van der Waals surface area contributed by atoms with E-state index in [0.717, 1.165) is 5.56 Å². The molecule has 0 spiro atoms. The van der Waals surface area contributed by atoms with Crippen molar-refractivity contribution in [3.05, 3.63) is 24.3 Å². The summed E-state index contributed by atoms with van der Waals surface area (Å²) in [6, 6.07) is 6.99. The molecule has 0 saturated heterocycles. The zero-order valence-corrected chi connectivity index (χ0v) is 17.2. The monoisotopic (exact) mass is 391 g/mol. The van der Waals surface area contributed by atoms with Gasteiger partial charge in [-0.1, -0.05) is 23.9 Å². The van der Waals surface area contributed by atoms with Crippen LogP contribution in [0, 0.1) is 0 Å². The Bertz CT molecular complexity index is 829. The first-order valence-electron chi connectivity index (χ1n) is 8.45. The number of amides is 3. The van der Waals surface area contributed by atoms with Crippen LogP contribution in [0.2, 0.25) is 0 Å². The van der Waals surface area contributed by atoms with Crippen molar-refractivity contribution < 1.29 is 14.3 Å². The topological polar surface area (TPSA) is 98.1 Å². The molecular formula is C18H25N5O3S. The lowest BCUT2D eigenvalue weighted by Gasteiger charge is -2.21. The average molecular weight is 391 g/mol. The molecule has 9 heteroatoms. The number of aromatic nitrogens is 3. The lowest BCUT2D eigenvalue weighted by Crippen LogP contribution is -2.49. The summed E-state index contributed by atoms with van der Waals surface area (Å²) in [6.45, 7) is 7.23. The van der Waals surface area contributed by atoms with Gasteiger partial charge in [-0.25, -0.2) is 4.79 Å². The van der Waals surface area contributed by atoms with Gasteiger partial charge in [-0.15, -0.1) is 10.2 Å². The lowest BCUT2D eigenvalue weighted by atomic mass is 10.1. The number of methoxy groups -OCH3 is 1. The summed E-state index contributed by atoms with van der Waals surface area (Å²) in [5.41, 5.74) is 0.386. The molecule has 0 fully saturated rings. The number of hydrogen-bond donors (Lipinski definition) is 2. The van der Waals surface area contributed by atoms with Gasteiger partial charge in [-0.2, -0.15) is 0 Å². The number of nitrogens with zero attached hydrogens (tertiary/aromatic N) is 3. The van der Waals surface area contributed by atoms with Crippen LogP contribution < -0.4 is 15.4 Å². The number of rotatable bonds is 5. The van der Waals surface area contributed by atoms with Gasteiger partial charge in [0, 0.05) is 12.6 Å². The van der Waals surface area contributed by atoms with Crippen LogP contribution in [0.5, 0.6) is 5.75 Å². The number of carbonyl (C=O) groups excluding carboxylic acids is 2. The number of urea groups is 1. The molecule has 8 nitrogen and oxygen atoms in total. The molecule has 0 radical (unpaired) electrons. The van der Waals surface area contributed by atoms with Gasteiger partial charge in [-0.3, -0.25) is 10.1 Å². The maximum atomic E-state index is 12.3. The third-order valence-electron chi connectivity index (χ3n) is 3.56. The van der Waals surface area contributed by atoms with Gasteiger partial charge in [-0.05, 0) is 39.8 Å². The zero-order valence-electron chi connectivity index (χ0n) is 16.4. The van der Waals surface area contributed by atoms with Gasteiger partial charge >= 0.3 is 6.03 Å². The highest BCUT2D eigenvalue weighted by Gasteiger charge is 2.23. The van der Waals surface area contributed by atoms with Crippen molar-refractivity contribution in [3.63, 3.8) is 0 Å². The van der Waals surface area contributed by atoms with Crippen molar-refractivity contribution in [2.24, 2.45) is 7.05 Å². The Labute approximate surface area is 163 Å². The summed E-state index contributed by atoms with van der Waals surface area (Å²) >= 11 is 1.22. The SMILES string of the molecule is COc1ccccc1-c1nnc(S[C@@H](C)C(=O)NC(=O)NC(C)(C)C)n1C. The Morgan fingerprint density at radius 1 is 1.22 bits per heavy atom. The fraction of sp³-hybridized carbons (Fsp3) is 0.444. The van der Waals surface area contributed by atoms with Crippen LogP contribution in [0.25, 0.3) is 11.4 Å². The molecule has 1 aromatic carbocycles. The molecule has 146 valence electrons. The van der Waals surface area contributed by atoms with Crippen molar-refractivity contribution in [1.82, 2.24) is 25.4 Å². The van der Waals surface area contributed by atoms with E-state index in [9.17, 15) is 9.59 Å². The first kappa shape index (κ1) is 20.8. The normalized spacial score (nSPS) is 12.4. The van der Waals surface area contributed by atoms with Gasteiger partial charge in [0.25, 0.3) is 0 Å². The molecular weight excluding hydrogens is 366 g/mol. The summed E-state index contributed by atoms with van der Waals surface area (Å²) in [4.78, 5) is 24.1. The van der Waals surface area contributed by atoms with Crippen molar-refractivity contribution >= 4 is 23.7 Å². The molecule has 2 aromatic rings. The fourth-order valence-corrected chi connectivity index (χ4v) is 3.09. The van der Waals surface area contributed by atoms with Crippen LogP contribution in [0.1, 0.15) is 27.7 Å². The van der Waals surface area contributed by atoms with E-state index < -0.39 is 22.7 Å². The smallest absolute Gasteiger partial charge is 0.321 e. The number of carbonyl (C=O) groups is 2. The quantitative estimate of drug-likeness (QED) is 0.760. The Hall–Kier alpha value is -2.55. The van der Waals surface area contributed by atoms with Crippen molar-refractivity contribution in [3.8, 4) is 17.1 Å². The molecule has 0 aliphatic heterocycles. The van der Waals surface area contributed by atoms with Crippen molar-refractivity contribution in [2.45, 2.75) is 43.6 Å². The lowest BCUT2D eigenvalue weighted by molar-refractivity contribution is -0.119. The van der Waals surface area contributed by atoms with Gasteiger partial charge in [0.1, 0.15) is 5.75 Å². The minimum absolute atomic E-state index is 0.399. The number of ether oxygens (including phenoxy) is 1. The summed E-state index contributed by atoms with van der Waals surface area (Å²) in [7, 11) is 3.42. The van der Waals surface area contributed by atoms with E-state index in [-0.39, 0.29) is 0 Å². The van der Waals surface area contributed by atoms with E-state index in [0.29, 0.717) is 16.7 Å². The molecule has 0 saturated carbocycles. The molecule has 2 N–H and O–H groups in total. The minimum Gasteiger partial charge on any atom is -0.496 e. The molecule has 0 unspecified atom stereocenters. The maximum Gasteiger partial charge on any atom is 0.321 e. The van der Waals surface area contributed by atoms with Gasteiger partial charge in [0.2, 0.25) is 5.91 Å². The predicted octanol–water partition coefficient (Wildman–Crippen LogP) is 2.60. The number of nitrogens with one attached hydrogen (secondary N) is 2. The highest BCUT2D eigenvalue weighted by Crippen LogP contribution is 2.31. The molecule has 1 aromatic heterocycles. The van der Waals surface area contributed by atoms with E-state index in [1.165, 1.54) is 11.8 Å². The average Bonchev–Trinajstić information content (AvgIpc) is 2.93. The van der Waals surface area contributed by atoms with E-state index >= 15 is 0 Å². The van der Waals surface area contributed by atoms with E-state index in [4.69, 9.17) is 4.74 Å². The summed E-state index contributed by atoms with van der Waals surface area (Å²) in [5, 5.41) is 13.5. The summed E-state index contributed by atoms with van der Waals surface area (Å²) in [6.07, 6.45) is 0. The van der Waals surface area contributed by atoms with Crippen LogP contribution in [0.15, 0.2) is 29.4 Å². The second kappa shape index (κ2) is 8.43. The minimum atomic E-state index is -0.524. The van der Waals surface area contributed by atoms with Gasteiger partial charge in [0.15, 0.2) is 11.0 Å². The largest absolute Gasteiger partial charge is 0.496 e. The van der Waals surface area contributed by atoms with Crippen molar-refractivity contribution in [2.75, 3.05) is 7.11 Å². The van der Waals surface area contributed by atoms with Crippen LogP contribution in [0.3, 0.4) is 0 Å². The number of thioether (sulfide) groups is 1. The summed E-state index contributed by atoms with van der Waals surface area (Å²) in [5.74, 6) is 0.922. The molecule has 1 heterocycles. The molecule has 1 atom stereocenters. The Kier molecular flexibility index (Phi) is 6.48. The first-order valence-corrected chi connectivity index (χ1v) is 9.33. The Balaban J connectivity index is 2.09. The molecule has 0 bridgehead atoms. The van der Waals surface area contributed by atoms with Crippen LogP contribution in [-0.4, -0.2) is 44.6 Å². The zero-order chi connectivity index (χ0) is 20.2. The Morgan fingerprint density at radius 3 is 2.52 bits per heavy atom. The third-order valence-corrected chi connectivity index (χ3v) is 4.69. The third kappa shape index (κ3) is 5.46. The fourth-order valence-electron chi connectivity index (χ4n) is 2.28. The number of imide groups is 1. The molecule has 0 aliphatic rings. The van der Waals surface area contributed by atoms with Gasteiger partial charge < -0.3 is 14.6 Å². The van der Waals surface area contributed by atoms with E-state index in [1.807, 2.05) is 52.1 Å². The van der Waals surface area contributed by atoms with Crippen molar-refractivity contribution in [1.29, 1.82) is 0 Å². The van der Waals surface area contributed by atoms with Crippen LogP contribution in [-0.2, 0) is 11.8 Å². The molecule has 0 aliphatic carbocycles. The predicted molar refractivity (Wildman–Crippen MR) is 105 cm³/mol. The van der Waals surface area contributed by atoms with Crippen LogP contribution in [0.4, 0.5) is 4.79 Å². The highest BCUT2D eigenvalue weighted by molar-refractivity contribution is 8.00. The molecule has 27 heavy (non-hydrogen) atoms. The Morgan fingerprint density at radius 2 is 1.89 bits per heavy atom. The number of benzene rings is 1. The van der Waals surface area contributed by atoms with Gasteiger partial charge in [0.05, 0.1) is 17.9 Å². The van der Waals surface area contributed by atoms with Crippen LogP contribution >= 0.6 is 11.8 Å². The van der Waals surface area contributed by atoms with E-state index in [2.05, 4.69) is 20.8 Å². The standard InChI is InChI=1S/C18H25N5O3S/c1-11(15(24)19-16(25)20-18(2,3)4)27-17-22-21-14(23(17)5)12-9-7-8-10-13(12)26-6/h7-11H,1-6H3,(H2,19,20,24,25)/t11-/m0/s1. The van der Waals surface area contributed by atoms with E-state index in [1.54, 1.807) is 18.6 Å². The summed E-state index contributed by atoms with van der Waals surface area (Å²) < 4.78 is 7.16. The highest BCUT2D eigenvalue weighted by atomic mass is 32.2. The molecule has 3 amide bonds. The second-order valence-electron chi connectivity index (χ2n) is 7.02. The maximum absolute atomic E-state index is 12.3. The second-order valence-corrected chi connectivity index (χ2v) is 8.33. The number of para-hydroxylation sites is 1.